The molecule has 0 bridgehead atoms. The lowest BCUT2D eigenvalue weighted by molar-refractivity contribution is 0.101. The maximum absolute atomic E-state index is 12.6. The zero-order chi connectivity index (χ0) is 20.5. The first-order chi connectivity index (χ1) is 13.1. The number of hydrogen-bond acceptors (Lipinski definition) is 6. The van der Waals surface area contributed by atoms with E-state index < -0.39 is 30.8 Å². The molecule has 1 N–H and O–H groups in total. The monoisotopic (exact) mass is 421 g/mol. The fourth-order valence-electron chi connectivity index (χ4n) is 3.01. The number of hydrogen-bond donors (Lipinski definition) is 1. The first kappa shape index (κ1) is 20.2. The zero-order valence-electron chi connectivity index (χ0n) is 15.1. The lowest BCUT2D eigenvalue weighted by atomic mass is 10.1. The van der Waals surface area contributed by atoms with Crippen LogP contribution in [0.3, 0.4) is 0 Å². The lowest BCUT2D eigenvalue weighted by Gasteiger charge is -2.11. The molecule has 1 amide bonds. The summed E-state index contributed by atoms with van der Waals surface area (Å²) in [5, 5.41) is 1.71. The van der Waals surface area contributed by atoms with Gasteiger partial charge in [-0.15, -0.1) is 0 Å². The standard InChI is InChI=1S/C19H19NO6S2/c1-13(21)15-3-2-4-16(11-15)20-19(22)14-5-7-17(8-6-14)28(25,26)18-9-10-27(23,24)12-18/h2-8,11,18H,9-10,12H2,1H3,(H,20,22). The smallest absolute Gasteiger partial charge is 0.255 e. The van der Waals surface area contributed by atoms with Crippen molar-refractivity contribution in [1.29, 1.82) is 0 Å². The molecule has 0 saturated carbocycles. The third-order valence-corrected chi connectivity index (χ3v) is 8.79. The molecule has 9 heteroatoms. The number of sulfone groups is 2. The zero-order valence-corrected chi connectivity index (χ0v) is 16.7. The highest BCUT2D eigenvalue weighted by Crippen LogP contribution is 2.25. The van der Waals surface area contributed by atoms with E-state index in [0.717, 1.165) is 0 Å². The molecule has 0 radical (unpaired) electrons. The van der Waals surface area contributed by atoms with E-state index in [1.807, 2.05) is 0 Å². The molecule has 1 aliphatic rings. The average Bonchev–Trinajstić information content (AvgIpc) is 3.02. The molecule has 3 rings (SSSR count). The number of carbonyl (C=O) groups excluding carboxylic acids is 2. The minimum Gasteiger partial charge on any atom is -0.322 e. The van der Waals surface area contributed by atoms with Gasteiger partial charge in [-0.1, -0.05) is 12.1 Å². The van der Waals surface area contributed by atoms with E-state index in [1.54, 1.807) is 24.3 Å². The third kappa shape index (κ3) is 4.31. The minimum atomic E-state index is -3.77. The Balaban J connectivity index is 1.76. The Labute approximate surface area is 163 Å². The number of nitrogens with one attached hydrogen (secondary N) is 1. The van der Waals surface area contributed by atoms with E-state index >= 15 is 0 Å². The first-order valence-corrected chi connectivity index (χ1v) is 11.9. The number of ketones is 1. The van der Waals surface area contributed by atoms with E-state index in [0.29, 0.717) is 11.3 Å². The molecule has 1 unspecified atom stereocenters. The second-order valence-electron chi connectivity index (χ2n) is 6.69. The Bertz CT molecular complexity index is 1140. The van der Waals surface area contributed by atoms with E-state index in [4.69, 9.17) is 0 Å². The molecule has 7 nitrogen and oxygen atoms in total. The van der Waals surface area contributed by atoms with Crippen LogP contribution in [0.4, 0.5) is 5.69 Å². The average molecular weight is 421 g/mol. The van der Waals surface area contributed by atoms with Gasteiger partial charge in [-0.05, 0) is 49.7 Å². The van der Waals surface area contributed by atoms with Crippen molar-refractivity contribution in [1.82, 2.24) is 0 Å². The van der Waals surface area contributed by atoms with Gasteiger partial charge in [0.25, 0.3) is 5.91 Å². The summed E-state index contributed by atoms with van der Waals surface area (Å²) in [7, 11) is -7.09. The number of benzene rings is 2. The Morgan fingerprint density at radius 3 is 2.29 bits per heavy atom. The Morgan fingerprint density at radius 1 is 1.04 bits per heavy atom. The van der Waals surface area contributed by atoms with Crippen molar-refractivity contribution in [3.05, 3.63) is 59.7 Å². The van der Waals surface area contributed by atoms with Crippen molar-refractivity contribution in [2.75, 3.05) is 16.8 Å². The molecule has 1 aliphatic heterocycles. The van der Waals surface area contributed by atoms with Crippen LogP contribution in [0.25, 0.3) is 0 Å². The summed E-state index contributed by atoms with van der Waals surface area (Å²) in [5.74, 6) is -1.08. The topological polar surface area (TPSA) is 114 Å². The van der Waals surface area contributed by atoms with Crippen LogP contribution in [0.5, 0.6) is 0 Å². The summed E-state index contributed by atoms with van der Waals surface area (Å²) in [6.45, 7) is 1.43. The van der Waals surface area contributed by atoms with Gasteiger partial charge in [-0.2, -0.15) is 0 Å². The minimum absolute atomic E-state index is 0.00951. The van der Waals surface area contributed by atoms with Crippen LogP contribution in [0, 0.1) is 0 Å². The van der Waals surface area contributed by atoms with E-state index in [-0.39, 0.29) is 34.2 Å². The second kappa shape index (κ2) is 7.48. The van der Waals surface area contributed by atoms with Gasteiger partial charge < -0.3 is 5.32 Å². The summed E-state index contributed by atoms with van der Waals surface area (Å²) in [5.41, 5.74) is 1.16. The van der Waals surface area contributed by atoms with Gasteiger partial charge in [0, 0.05) is 16.8 Å². The predicted molar refractivity (Wildman–Crippen MR) is 105 cm³/mol. The molecule has 148 valence electrons. The van der Waals surface area contributed by atoms with Gasteiger partial charge in [-0.25, -0.2) is 16.8 Å². The normalized spacial score (nSPS) is 18.5. The van der Waals surface area contributed by atoms with Crippen LogP contribution in [0.2, 0.25) is 0 Å². The molecule has 28 heavy (non-hydrogen) atoms. The molecule has 0 aliphatic carbocycles. The van der Waals surface area contributed by atoms with Crippen molar-refractivity contribution in [2.45, 2.75) is 23.5 Å². The van der Waals surface area contributed by atoms with Crippen molar-refractivity contribution in [3.63, 3.8) is 0 Å². The Morgan fingerprint density at radius 2 is 1.71 bits per heavy atom. The highest BCUT2D eigenvalue weighted by atomic mass is 32.2. The van der Waals surface area contributed by atoms with Crippen molar-refractivity contribution in [2.24, 2.45) is 0 Å². The number of carbonyl (C=O) groups is 2. The number of anilines is 1. The van der Waals surface area contributed by atoms with Crippen LogP contribution in [0.15, 0.2) is 53.4 Å². The van der Waals surface area contributed by atoms with Gasteiger partial charge in [-0.3, -0.25) is 9.59 Å². The van der Waals surface area contributed by atoms with Crippen LogP contribution < -0.4 is 5.32 Å². The highest BCUT2D eigenvalue weighted by molar-refractivity contribution is 7.96. The largest absolute Gasteiger partial charge is 0.322 e. The molecule has 1 heterocycles. The number of rotatable bonds is 5. The van der Waals surface area contributed by atoms with Crippen LogP contribution in [0.1, 0.15) is 34.1 Å². The summed E-state index contributed by atoms with van der Waals surface area (Å²) in [6, 6.07) is 11.9. The van der Waals surface area contributed by atoms with E-state index in [2.05, 4.69) is 5.32 Å². The van der Waals surface area contributed by atoms with Gasteiger partial charge >= 0.3 is 0 Å². The molecular formula is C19H19NO6S2. The summed E-state index contributed by atoms with van der Waals surface area (Å²) in [6.07, 6.45) is 0.0827. The molecule has 2 aromatic rings. The van der Waals surface area contributed by atoms with E-state index in [1.165, 1.54) is 31.2 Å². The molecule has 0 spiro atoms. The van der Waals surface area contributed by atoms with Gasteiger partial charge in [0.2, 0.25) is 0 Å². The van der Waals surface area contributed by atoms with Crippen LogP contribution >= 0.6 is 0 Å². The maximum Gasteiger partial charge on any atom is 0.255 e. The highest BCUT2D eigenvalue weighted by Gasteiger charge is 2.37. The second-order valence-corrected chi connectivity index (χ2v) is 11.1. The third-order valence-electron chi connectivity index (χ3n) is 4.60. The van der Waals surface area contributed by atoms with Crippen molar-refractivity contribution in [3.8, 4) is 0 Å². The van der Waals surface area contributed by atoms with Gasteiger partial charge in [0.1, 0.15) is 0 Å². The molecule has 1 saturated heterocycles. The molecular weight excluding hydrogens is 402 g/mol. The summed E-state index contributed by atoms with van der Waals surface area (Å²) in [4.78, 5) is 23.8. The van der Waals surface area contributed by atoms with Crippen LogP contribution in [-0.2, 0) is 19.7 Å². The van der Waals surface area contributed by atoms with Crippen LogP contribution in [-0.4, -0.2) is 45.3 Å². The van der Waals surface area contributed by atoms with E-state index in [9.17, 15) is 26.4 Å². The van der Waals surface area contributed by atoms with Crippen molar-refractivity contribution < 1.29 is 26.4 Å². The predicted octanol–water partition coefficient (Wildman–Crippen LogP) is 2.10. The fraction of sp³-hybridized carbons (Fsp3) is 0.263. The lowest BCUT2D eigenvalue weighted by Crippen LogP contribution is -2.22. The molecule has 1 atom stereocenters. The van der Waals surface area contributed by atoms with Crippen molar-refractivity contribution >= 4 is 37.1 Å². The first-order valence-electron chi connectivity index (χ1n) is 8.55. The SMILES string of the molecule is CC(=O)c1cccc(NC(=O)c2ccc(S(=O)(=O)C3CCS(=O)(=O)C3)cc2)c1. The number of amides is 1. The Hall–Kier alpha value is -2.52. The fourth-order valence-corrected chi connectivity index (χ4v) is 7.37. The quantitative estimate of drug-likeness (QED) is 0.740. The molecule has 1 fully saturated rings. The molecule has 0 aromatic heterocycles. The number of Topliss-reactive ketones (excluding diaryl/α,β-unsaturated/α-hetero) is 1. The summed E-state index contributed by atoms with van der Waals surface area (Å²) >= 11 is 0. The Kier molecular flexibility index (Phi) is 5.40. The molecule has 2 aromatic carbocycles. The maximum atomic E-state index is 12.6. The van der Waals surface area contributed by atoms with Gasteiger partial charge in [0.15, 0.2) is 25.5 Å². The summed E-state index contributed by atoms with van der Waals surface area (Å²) < 4.78 is 48.3. The van der Waals surface area contributed by atoms with Gasteiger partial charge in [0.05, 0.1) is 21.7 Å².